The first-order valence-electron chi connectivity index (χ1n) is 3.35. The Bertz CT molecular complexity index is 448. The van der Waals surface area contributed by atoms with Crippen LogP contribution in [0.5, 0.6) is 0 Å². The van der Waals surface area contributed by atoms with E-state index in [0.717, 1.165) is 10.7 Å². The van der Waals surface area contributed by atoms with Crippen molar-refractivity contribution in [2.24, 2.45) is 0 Å². The lowest BCUT2D eigenvalue weighted by Crippen LogP contribution is -1.95. The minimum Gasteiger partial charge on any atom is -0.476 e. The molecule has 0 aliphatic rings. The lowest BCUT2D eigenvalue weighted by atomic mass is 10.5. The monoisotopic (exact) mass is 218 g/mol. The van der Waals surface area contributed by atoms with Crippen LogP contribution >= 0.6 is 23.7 Å². The highest BCUT2D eigenvalue weighted by molar-refractivity contribution is 7.15. The summed E-state index contributed by atoms with van der Waals surface area (Å²) >= 11 is 1.44. The largest absolute Gasteiger partial charge is 0.476 e. The van der Waals surface area contributed by atoms with Gasteiger partial charge in [0.25, 0.3) is 0 Å². The molecular formula is C7H7ClN2O2S. The van der Waals surface area contributed by atoms with Crippen molar-refractivity contribution >= 4 is 34.7 Å². The van der Waals surface area contributed by atoms with Crippen molar-refractivity contribution in [2.75, 3.05) is 0 Å². The maximum atomic E-state index is 10.5. The van der Waals surface area contributed by atoms with Gasteiger partial charge in [0.2, 0.25) is 0 Å². The zero-order chi connectivity index (χ0) is 8.72. The third kappa shape index (κ3) is 1.52. The van der Waals surface area contributed by atoms with E-state index in [1.54, 1.807) is 4.40 Å². The number of aromatic nitrogens is 2. The molecule has 70 valence electrons. The Morgan fingerprint density at radius 2 is 2.38 bits per heavy atom. The van der Waals surface area contributed by atoms with Crippen LogP contribution in [0.4, 0.5) is 0 Å². The maximum Gasteiger partial charge on any atom is 0.356 e. The van der Waals surface area contributed by atoms with Gasteiger partial charge in [0.15, 0.2) is 10.7 Å². The van der Waals surface area contributed by atoms with E-state index in [1.807, 2.05) is 12.3 Å². The number of hydrogen-bond donors (Lipinski definition) is 1. The normalized spacial score (nSPS) is 9.92. The Morgan fingerprint density at radius 3 is 2.92 bits per heavy atom. The summed E-state index contributed by atoms with van der Waals surface area (Å²) in [6.07, 6.45) is 1.53. The van der Waals surface area contributed by atoms with Gasteiger partial charge in [-0.05, 0) is 6.92 Å². The molecule has 0 amide bonds. The van der Waals surface area contributed by atoms with E-state index in [4.69, 9.17) is 5.11 Å². The molecule has 6 heteroatoms. The summed E-state index contributed by atoms with van der Waals surface area (Å²) in [5.74, 6) is -0.981. The van der Waals surface area contributed by atoms with Gasteiger partial charge >= 0.3 is 5.97 Å². The predicted octanol–water partition coefficient (Wildman–Crippen LogP) is 1.82. The van der Waals surface area contributed by atoms with Crippen molar-refractivity contribution in [3.63, 3.8) is 0 Å². The van der Waals surface area contributed by atoms with E-state index in [-0.39, 0.29) is 18.1 Å². The molecule has 1 N–H and O–H groups in total. The molecule has 0 spiro atoms. The van der Waals surface area contributed by atoms with Crippen molar-refractivity contribution in [1.29, 1.82) is 0 Å². The highest BCUT2D eigenvalue weighted by Crippen LogP contribution is 2.15. The van der Waals surface area contributed by atoms with E-state index in [1.165, 1.54) is 17.5 Å². The van der Waals surface area contributed by atoms with Crippen molar-refractivity contribution in [2.45, 2.75) is 6.92 Å². The molecule has 0 atom stereocenters. The highest BCUT2D eigenvalue weighted by atomic mass is 35.5. The van der Waals surface area contributed by atoms with Crippen LogP contribution in [0, 0.1) is 6.92 Å². The first-order valence-corrected chi connectivity index (χ1v) is 4.23. The van der Waals surface area contributed by atoms with E-state index < -0.39 is 5.97 Å². The lowest BCUT2D eigenvalue weighted by Gasteiger charge is -1.84. The van der Waals surface area contributed by atoms with Gasteiger partial charge < -0.3 is 5.11 Å². The fourth-order valence-electron chi connectivity index (χ4n) is 0.997. The number of aromatic carboxylic acids is 1. The number of halogens is 1. The number of fused-ring (bicyclic) bond motifs is 1. The molecule has 0 saturated carbocycles. The molecule has 0 bridgehead atoms. The van der Waals surface area contributed by atoms with Crippen LogP contribution in [0.2, 0.25) is 0 Å². The molecule has 2 rings (SSSR count). The Hall–Kier alpha value is -1.07. The SMILES string of the molecule is Cc1csc2nc(C(=O)O)cn12.Cl. The van der Waals surface area contributed by atoms with Gasteiger partial charge in [-0.2, -0.15) is 0 Å². The van der Waals surface area contributed by atoms with E-state index >= 15 is 0 Å². The highest BCUT2D eigenvalue weighted by Gasteiger charge is 2.10. The van der Waals surface area contributed by atoms with Crippen LogP contribution < -0.4 is 0 Å². The smallest absolute Gasteiger partial charge is 0.356 e. The van der Waals surface area contributed by atoms with E-state index in [9.17, 15) is 4.79 Å². The summed E-state index contributed by atoms with van der Waals surface area (Å²) in [4.78, 5) is 15.2. The lowest BCUT2D eigenvalue weighted by molar-refractivity contribution is 0.0691. The van der Waals surface area contributed by atoms with Crippen LogP contribution in [-0.4, -0.2) is 20.5 Å². The van der Waals surface area contributed by atoms with Gasteiger partial charge in [-0.25, -0.2) is 9.78 Å². The summed E-state index contributed by atoms with van der Waals surface area (Å²) in [7, 11) is 0. The predicted molar refractivity (Wildman–Crippen MR) is 52.0 cm³/mol. The summed E-state index contributed by atoms with van der Waals surface area (Å²) < 4.78 is 1.77. The average molecular weight is 219 g/mol. The van der Waals surface area contributed by atoms with Crippen molar-refractivity contribution < 1.29 is 9.90 Å². The second kappa shape index (κ2) is 3.35. The third-order valence-corrected chi connectivity index (χ3v) is 2.57. The van der Waals surface area contributed by atoms with Gasteiger partial charge in [0.05, 0.1) is 0 Å². The Morgan fingerprint density at radius 1 is 1.69 bits per heavy atom. The summed E-state index contributed by atoms with van der Waals surface area (Å²) in [6.45, 7) is 1.91. The first kappa shape index (κ1) is 10.0. The number of aryl methyl sites for hydroxylation is 1. The maximum absolute atomic E-state index is 10.5. The molecule has 0 radical (unpaired) electrons. The molecule has 2 aromatic heterocycles. The zero-order valence-electron chi connectivity index (χ0n) is 6.72. The standard InChI is InChI=1S/C7H6N2O2S.ClH/c1-4-3-12-7-8-5(6(10)11)2-9(4)7;/h2-3H,1H3,(H,10,11);1H. The molecule has 4 nitrogen and oxygen atoms in total. The molecule has 0 aliphatic heterocycles. The minimum absolute atomic E-state index is 0. The molecule has 2 aromatic rings. The molecule has 0 aliphatic carbocycles. The molecule has 0 saturated heterocycles. The van der Waals surface area contributed by atoms with Crippen LogP contribution in [0.25, 0.3) is 4.96 Å². The number of carboxylic acid groups (broad SMARTS) is 1. The molecule has 0 aromatic carbocycles. The summed E-state index contributed by atoms with van der Waals surface area (Å²) in [6, 6.07) is 0. The van der Waals surface area contributed by atoms with Crippen LogP contribution in [-0.2, 0) is 0 Å². The number of imidazole rings is 1. The number of carbonyl (C=O) groups is 1. The molecule has 0 unspecified atom stereocenters. The zero-order valence-corrected chi connectivity index (χ0v) is 8.35. The van der Waals surface area contributed by atoms with Crippen LogP contribution in [0.15, 0.2) is 11.6 Å². The van der Waals surface area contributed by atoms with Gasteiger partial charge in [0, 0.05) is 17.3 Å². The Labute approximate surface area is 84.2 Å². The van der Waals surface area contributed by atoms with Crippen LogP contribution in [0.1, 0.15) is 16.2 Å². The molecule has 2 heterocycles. The molecule has 13 heavy (non-hydrogen) atoms. The Balaban J connectivity index is 0.000000845. The second-order valence-electron chi connectivity index (χ2n) is 2.46. The number of nitrogens with zero attached hydrogens (tertiary/aromatic N) is 2. The molecular weight excluding hydrogens is 212 g/mol. The average Bonchev–Trinajstić information content (AvgIpc) is 2.53. The third-order valence-electron chi connectivity index (χ3n) is 1.61. The topological polar surface area (TPSA) is 54.6 Å². The van der Waals surface area contributed by atoms with Gasteiger partial charge in [0.1, 0.15) is 0 Å². The van der Waals surface area contributed by atoms with E-state index in [2.05, 4.69) is 4.98 Å². The number of carboxylic acids is 1. The number of hydrogen-bond acceptors (Lipinski definition) is 3. The molecule has 0 fully saturated rings. The number of thiazole rings is 1. The van der Waals surface area contributed by atoms with E-state index in [0.29, 0.717) is 0 Å². The summed E-state index contributed by atoms with van der Waals surface area (Å²) in [5, 5.41) is 10.6. The van der Waals surface area contributed by atoms with Crippen molar-refractivity contribution in [3.8, 4) is 0 Å². The van der Waals surface area contributed by atoms with Gasteiger partial charge in [-0.15, -0.1) is 23.7 Å². The van der Waals surface area contributed by atoms with Crippen LogP contribution in [0.3, 0.4) is 0 Å². The number of rotatable bonds is 1. The minimum atomic E-state index is -0.981. The van der Waals surface area contributed by atoms with Gasteiger partial charge in [-0.3, -0.25) is 4.40 Å². The fourth-order valence-corrected chi connectivity index (χ4v) is 1.85. The Kier molecular flexibility index (Phi) is 2.58. The fraction of sp³-hybridized carbons (Fsp3) is 0.143. The van der Waals surface area contributed by atoms with Gasteiger partial charge in [-0.1, -0.05) is 0 Å². The van der Waals surface area contributed by atoms with Crippen molar-refractivity contribution in [3.05, 3.63) is 23.0 Å². The first-order chi connectivity index (χ1) is 5.68. The van der Waals surface area contributed by atoms with Crippen molar-refractivity contribution in [1.82, 2.24) is 9.38 Å². The quantitative estimate of drug-likeness (QED) is 0.795. The second-order valence-corrected chi connectivity index (χ2v) is 3.30. The summed E-state index contributed by atoms with van der Waals surface area (Å²) in [5.41, 5.74) is 1.11.